The molecule has 0 amide bonds. The number of rotatable bonds is 7. The zero-order valence-corrected chi connectivity index (χ0v) is 11.3. The van der Waals surface area contributed by atoms with Crippen molar-refractivity contribution < 1.29 is 9.84 Å². The van der Waals surface area contributed by atoms with Crippen molar-refractivity contribution >= 4 is 11.5 Å². The lowest BCUT2D eigenvalue weighted by atomic mass is 10.1. The number of aliphatic hydroxyl groups is 1. The van der Waals surface area contributed by atoms with Crippen LogP contribution in [-0.2, 0) is 0 Å². The lowest BCUT2D eigenvalue weighted by molar-refractivity contribution is 0.295. The van der Waals surface area contributed by atoms with Gasteiger partial charge in [-0.1, -0.05) is 13.8 Å². The van der Waals surface area contributed by atoms with Gasteiger partial charge in [-0.2, -0.15) is 4.98 Å². The fraction of sp³-hybridized carbons (Fsp3) is 0.667. The highest BCUT2D eigenvalue weighted by molar-refractivity contribution is 5.68. The summed E-state index contributed by atoms with van der Waals surface area (Å²) in [6.07, 6.45) is 3.35. The predicted molar refractivity (Wildman–Crippen MR) is 71.8 cm³/mol. The van der Waals surface area contributed by atoms with Crippen molar-refractivity contribution in [3.63, 3.8) is 0 Å². The van der Waals surface area contributed by atoms with E-state index in [9.17, 15) is 5.11 Å². The SMILES string of the molecule is CCC(CC)N(CCO)c1ncnc(OC)c1N. The molecule has 0 atom stereocenters. The van der Waals surface area contributed by atoms with Crippen LogP contribution in [0.4, 0.5) is 11.5 Å². The molecular formula is C12H22N4O2. The first-order valence-corrected chi connectivity index (χ1v) is 6.21. The average molecular weight is 254 g/mol. The van der Waals surface area contributed by atoms with Crippen LogP contribution in [-0.4, -0.2) is 41.4 Å². The number of hydrogen-bond acceptors (Lipinski definition) is 6. The third-order valence-corrected chi connectivity index (χ3v) is 3.02. The van der Waals surface area contributed by atoms with E-state index in [2.05, 4.69) is 23.8 Å². The van der Waals surface area contributed by atoms with Crippen molar-refractivity contribution in [2.75, 3.05) is 30.9 Å². The van der Waals surface area contributed by atoms with Crippen LogP contribution in [0.5, 0.6) is 5.88 Å². The first-order valence-electron chi connectivity index (χ1n) is 6.21. The van der Waals surface area contributed by atoms with Gasteiger partial charge in [0.2, 0.25) is 5.88 Å². The number of hydrogen-bond donors (Lipinski definition) is 2. The summed E-state index contributed by atoms with van der Waals surface area (Å²) in [7, 11) is 1.52. The molecule has 0 aliphatic heterocycles. The van der Waals surface area contributed by atoms with Crippen molar-refractivity contribution in [2.24, 2.45) is 0 Å². The lowest BCUT2D eigenvalue weighted by Gasteiger charge is -2.31. The Balaban J connectivity index is 3.12. The van der Waals surface area contributed by atoms with Crippen LogP contribution in [0.2, 0.25) is 0 Å². The molecule has 1 aromatic rings. The van der Waals surface area contributed by atoms with Crippen molar-refractivity contribution in [3.05, 3.63) is 6.33 Å². The normalized spacial score (nSPS) is 10.7. The number of anilines is 2. The number of nitrogen functional groups attached to an aromatic ring is 1. The summed E-state index contributed by atoms with van der Waals surface area (Å²) in [5.41, 5.74) is 6.42. The quantitative estimate of drug-likeness (QED) is 0.756. The first kappa shape index (κ1) is 14.5. The second kappa shape index (κ2) is 7.00. The Bertz CT molecular complexity index is 369. The molecule has 102 valence electrons. The van der Waals surface area contributed by atoms with E-state index in [0.717, 1.165) is 12.8 Å². The Morgan fingerprint density at radius 3 is 2.56 bits per heavy atom. The molecule has 0 spiro atoms. The van der Waals surface area contributed by atoms with E-state index in [1.807, 2.05) is 4.90 Å². The zero-order valence-electron chi connectivity index (χ0n) is 11.3. The molecule has 1 rings (SSSR count). The monoisotopic (exact) mass is 254 g/mol. The van der Waals surface area contributed by atoms with Gasteiger partial charge < -0.3 is 20.5 Å². The van der Waals surface area contributed by atoms with Gasteiger partial charge >= 0.3 is 0 Å². The number of aromatic nitrogens is 2. The van der Waals surface area contributed by atoms with Gasteiger partial charge in [-0.25, -0.2) is 4.98 Å². The minimum Gasteiger partial charge on any atom is -0.479 e. The van der Waals surface area contributed by atoms with Gasteiger partial charge in [-0.15, -0.1) is 0 Å². The summed E-state index contributed by atoms with van der Waals surface area (Å²) < 4.78 is 5.10. The number of nitrogens with two attached hydrogens (primary N) is 1. The summed E-state index contributed by atoms with van der Waals surface area (Å²) in [6, 6.07) is 0.291. The highest BCUT2D eigenvalue weighted by atomic mass is 16.5. The second-order valence-electron chi connectivity index (χ2n) is 4.01. The standard InChI is InChI=1S/C12H22N4O2/c1-4-9(5-2)16(6-7-17)11-10(13)12(18-3)15-8-14-11/h8-9,17H,4-7,13H2,1-3H3. The third-order valence-electron chi connectivity index (χ3n) is 3.02. The molecule has 0 unspecified atom stereocenters. The second-order valence-corrected chi connectivity index (χ2v) is 4.01. The molecule has 0 radical (unpaired) electrons. The van der Waals surface area contributed by atoms with Crippen molar-refractivity contribution in [1.82, 2.24) is 9.97 Å². The van der Waals surface area contributed by atoms with Crippen LogP contribution in [0, 0.1) is 0 Å². The summed E-state index contributed by atoms with van der Waals surface area (Å²) in [4.78, 5) is 10.2. The van der Waals surface area contributed by atoms with Gasteiger partial charge in [0.1, 0.15) is 12.0 Å². The number of aliphatic hydroxyl groups excluding tert-OH is 1. The maximum absolute atomic E-state index is 9.20. The Kier molecular flexibility index (Phi) is 5.64. The summed E-state index contributed by atoms with van der Waals surface area (Å²) in [6.45, 7) is 4.76. The smallest absolute Gasteiger partial charge is 0.242 e. The van der Waals surface area contributed by atoms with E-state index in [0.29, 0.717) is 30.0 Å². The van der Waals surface area contributed by atoms with E-state index in [1.165, 1.54) is 13.4 Å². The molecule has 3 N–H and O–H groups in total. The maximum atomic E-state index is 9.20. The van der Waals surface area contributed by atoms with E-state index in [4.69, 9.17) is 10.5 Å². The predicted octanol–water partition coefficient (Wildman–Crippen LogP) is 1.05. The molecule has 0 saturated heterocycles. The van der Waals surface area contributed by atoms with Crippen LogP contribution in [0.3, 0.4) is 0 Å². The minimum absolute atomic E-state index is 0.0578. The molecule has 1 aromatic heterocycles. The third kappa shape index (κ3) is 3.01. The average Bonchev–Trinajstić information content (AvgIpc) is 2.39. The van der Waals surface area contributed by atoms with Crippen LogP contribution < -0.4 is 15.4 Å². The van der Waals surface area contributed by atoms with E-state index < -0.39 is 0 Å². The number of nitrogens with zero attached hydrogens (tertiary/aromatic N) is 3. The topological polar surface area (TPSA) is 84.5 Å². The highest BCUT2D eigenvalue weighted by Gasteiger charge is 2.20. The Hall–Kier alpha value is -1.56. The molecule has 0 bridgehead atoms. The van der Waals surface area contributed by atoms with Gasteiger partial charge in [0.25, 0.3) is 0 Å². The molecule has 0 saturated carbocycles. The van der Waals surface area contributed by atoms with E-state index >= 15 is 0 Å². The van der Waals surface area contributed by atoms with Crippen LogP contribution >= 0.6 is 0 Å². The molecule has 6 nitrogen and oxygen atoms in total. The van der Waals surface area contributed by atoms with E-state index in [1.54, 1.807) is 0 Å². The summed E-state index contributed by atoms with van der Waals surface area (Å²) >= 11 is 0. The largest absolute Gasteiger partial charge is 0.479 e. The molecule has 0 fully saturated rings. The van der Waals surface area contributed by atoms with Gasteiger partial charge in [0.15, 0.2) is 5.82 Å². The molecule has 1 heterocycles. The zero-order chi connectivity index (χ0) is 13.5. The van der Waals surface area contributed by atoms with Gasteiger partial charge in [0, 0.05) is 12.6 Å². The van der Waals surface area contributed by atoms with Crippen LogP contribution in [0.15, 0.2) is 6.33 Å². The fourth-order valence-electron chi connectivity index (χ4n) is 2.06. The first-order chi connectivity index (χ1) is 8.69. The van der Waals surface area contributed by atoms with Gasteiger partial charge in [-0.05, 0) is 12.8 Å². The maximum Gasteiger partial charge on any atom is 0.242 e. The Labute approximate surface area is 108 Å². The molecular weight excluding hydrogens is 232 g/mol. The minimum atomic E-state index is 0.0578. The molecule has 18 heavy (non-hydrogen) atoms. The number of ether oxygens (including phenoxy) is 1. The Morgan fingerprint density at radius 1 is 1.39 bits per heavy atom. The van der Waals surface area contributed by atoms with Gasteiger partial charge in [0.05, 0.1) is 13.7 Å². The van der Waals surface area contributed by atoms with E-state index in [-0.39, 0.29) is 6.61 Å². The van der Waals surface area contributed by atoms with Crippen LogP contribution in [0.25, 0.3) is 0 Å². The summed E-state index contributed by atoms with van der Waals surface area (Å²) in [5, 5.41) is 9.20. The number of methoxy groups -OCH3 is 1. The van der Waals surface area contributed by atoms with Crippen molar-refractivity contribution in [1.29, 1.82) is 0 Å². The molecule has 0 aromatic carbocycles. The van der Waals surface area contributed by atoms with Gasteiger partial charge in [-0.3, -0.25) is 0 Å². The lowest BCUT2D eigenvalue weighted by Crippen LogP contribution is -2.38. The molecule has 0 aliphatic rings. The Morgan fingerprint density at radius 2 is 2.06 bits per heavy atom. The van der Waals surface area contributed by atoms with Crippen molar-refractivity contribution in [2.45, 2.75) is 32.7 Å². The van der Waals surface area contributed by atoms with Crippen LogP contribution in [0.1, 0.15) is 26.7 Å². The molecule has 0 aliphatic carbocycles. The molecule has 6 heteroatoms. The highest BCUT2D eigenvalue weighted by Crippen LogP contribution is 2.29. The van der Waals surface area contributed by atoms with Crippen molar-refractivity contribution in [3.8, 4) is 5.88 Å². The summed E-state index contributed by atoms with van der Waals surface area (Å²) in [5.74, 6) is 0.999. The fourth-order valence-corrected chi connectivity index (χ4v) is 2.06.